The molecule has 0 aromatic carbocycles. The van der Waals surface area contributed by atoms with E-state index >= 15 is 0 Å². The summed E-state index contributed by atoms with van der Waals surface area (Å²) >= 11 is 0. The van der Waals surface area contributed by atoms with Crippen LogP contribution in [0.4, 0.5) is 13.2 Å². The lowest BCUT2D eigenvalue weighted by atomic mass is 10.1. The molecule has 5 heterocycles. The number of halogens is 3. The van der Waals surface area contributed by atoms with Gasteiger partial charge in [0.2, 0.25) is 15.0 Å². The summed E-state index contributed by atoms with van der Waals surface area (Å²) < 4.78 is 74.3. The maximum atomic E-state index is 13.9. The molecule has 1 atom stereocenters. The molecular weight excluding hydrogens is 449 g/mol. The number of aromatic nitrogens is 6. The van der Waals surface area contributed by atoms with Crippen molar-refractivity contribution < 1.29 is 26.3 Å². The second-order valence-corrected chi connectivity index (χ2v) is 9.44. The SMILES string of the molecule is CS(=O)(=O)c1ncc(C(F)(F)F)c(-c2nn(C3CCCCO3)c3nn4ccccc4c23)n1. The Hall–Kier alpha value is -3.06. The van der Waals surface area contributed by atoms with E-state index in [0.29, 0.717) is 35.8 Å². The third-order valence-electron chi connectivity index (χ3n) is 5.24. The molecule has 0 radical (unpaired) electrons. The molecule has 1 aliphatic heterocycles. The maximum absolute atomic E-state index is 13.9. The smallest absolute Gasteiger partial charge is 0.356 e. The van der Waals surface area contributed by atoms with Crippen molar-refractivity contribution in [3.05, 3.63) is 36.2 Å². The standard InChI is InChI=1S/C19H17F3N6O3S/c1-32(29,30)18-23-10-11(19(20,21)22)15(24-18)16-14-12-6-2-4-8-27(12)26-17(14)28(25-16)13-7-3-5-9-31-13/h2,4,6,8,10,13H,3,5,7,9H2,1H3. The van der Waals surface area contributed by atoms with Gasteiger partial charge in [0.15, 0.2) is 11.9 Å². The van der Waals surface area contributed by atoms with Gasteiger partial charge in [0, 0.05) is 25.3 Å². The van der Waals surface area contributed by atoms with Crippen LogP contribution in [0, 0.1) is 0 Å². The van der Waals surface area contributed by atoms with E-state index in [0.717, 1.165) is 19.1 Å². The van der Waals surface area contributed by atoms with Crippen LogP contribution in [0.25, 0.3) is 27.9 Å². The van der Waals surface area contributed by atoms with Crippen molar-refractivity contribution in [1.29, 1.82) is 0 Å². The van der Waals surface area contributed by atoms with Gasteiger partial charge in [-0.1, -0.05) is 6.07 Å². The molecule has 32 heavy (non-hydrogen) atoms. The number of hydrogen-bond acceptors (Lipinski definition) is 7. The summed E-state index contributed by atoms with van der Waals surface area (Å²) in [5.74, 6) is 0. The molecule has 0 spiro atoms. The van der Waals surface area contributed by atoms with Gasteiger partial charge in [0.05, 0.1) is 10.9 Å². The molecule has 0 bridgehead atoms. The summed E-state index contributed by atoms with van der Waals surface area (Å²) in [5, 5.41) is 8.52. The summed E-state index contributed by atoms with van der Waals surface area (Å²) in [7, 11) is -3.96. The van der Waals surface area contributed by atoms with Gasteiger partial charge < -0.3 is 4.74 Å². The Morgan fingerprint density at radius 2 is 1.97 bits per heavy atom. The van der Waals surface area contributed by atoms with E-state index in [9.17, 15) is 21.6 Å². The van der Waals surface area contributed by atoms with E-state index in [1.165, 1.54) is 9.20 Å². The maximum Gasteiger partial charge on any atom is 0.420 e. The first kappa shape index (κ1) is 20.8. The fourth-order valence-electron chi connectivity index (χ4n) is 3.79. The fourth-order valence-corrected chi connectivity index (χ4v) is 4.30. The zero-order valence-corrected chi connectivity index (χ0v) is 17.6. The van der Waals surface area contributed by atoms with Crippen LogP contribution in [0.15, 0.2) is 35.7 Å². The first-order valence-electron chi connectivity index (χ1n) is 9.76. The average molecular weight is 466 g/mol. The van der Waals surface area contributed by atoms with Gasteiger partial charge >= 0.3 is 6.18 Å². The topological polar surface area (TPSA) is 104 Å². The largest absolute Gasteiger partial charge is 0.420 e. The van der Waals surface area contributed by atoms with Gasteiger partial charge in [-0.25, -0.2) is 27.6 Å². The first-order chi connectivity index (χ1) is 15.1. The van der Waals surface area contributed by atoms with Crippen LogP contribution < -0.4 is 0 Å². The molecule has 168 valence electrons. The lowest BCUT2D eigenvalue weighted by Gasteiger charge is -2.22. The minimum atomic E-state index is -4.83. The highest BCUT2D eigenvalue weighted by Crippen LogP contribution is 2.40. The van der Waals surface area contributed by atoms with Crippen LogP contribution in [-0.4, -0.2) is 50.6 Å². The quantitative estimate of drug-likeness (QED) is 0.427. The second-order valence-electron chi connectivity index (χ2n) is 7.53. The number of nitrogens with zero attached hydrogens (tertiary/aromatic N) is 6. The van der Waals surface area contributed by atoms with Gasteiger partial charge in [0.1, 0.15) is 17.0 Å². The Morgan fingerprint density at radius 1 is 1.16 bits per heavy atom. The third-order valence-corrected chi connectivity index (χ3v) is 6.10. The molecule has 1 saturated heterocycles. The second kappa shape index (κ2) is 7.24. The number of sulfone groups is 1. The van der Waals surface area contributed by atoms with Crippen molar-refractivity contribution in [1.82, 2.24) is 29.4 Å². The minimum absolute atomic E-state index is 0.130. The van der Waals surface area contributed by atoms with Gasteiger partial charge in [-0.2, -0.15) is 18.3 Å². The predicted octanol–water partition coefficient (Wildman–Crippen LogP) is 3.26. The molecule has 1 aliphatic rings. The molecule has 5 rings (SSSR count). The molecule has 4 aromatic heterocycles. The highest BCUT2D eigenvalue weighted by Gasteiger charge is 2.38. The van der Waals surface area contributed by atoms with E-state index in [-0.39, 0.29) is 5.69 Å². The summed E-state index contributed by atoms with van der Waals surface area (Å²) in [6, 6.07) is 5.15. The Kier molecular flexibility index (Phi) is 4.71. The van der Waals surface area contributed by atoms with E-state index in [4.69, 9.17) is 4.74 Å². The van der Waals surface area contributed by atoms with Crippen molar-refractivity contribution in [2.75, 3.05) is 12.9 Å². The number of fused-ring (bicyclic) bond motifs is 3. The number of rotatable bonds is 3. The van der Waals surface area contributed by atoms with E-state index < -0.39 is 38.7 Å². The van der Waals surface area contributed by atoms with E-state index in [1.807, 2.05) is 0 Å². The molecule has 0 aliphatic carbocycles. The first-order valence-corrected chi connectivity index (χ1v) is 11.7. The van der Waals surface area contributed by atoms with Gasteiger partial charge in [-0.15, -0.1) is 5.10 Å². The minimum Gasteiger partial charge on any atom is -0.356 e. The Labute approximate surface area is 179 Å². The predicted molar refractivity (Wildman–Crippen MR) is 106 cm³/mol. The van der Waals surface area contributed by atoms with Crippen LogP contribution in [0.2, 0.25) is 0 Å². The number of pyridine rings is 1. The highest BCUT2D eigenvalue weighted by atomic mass is 32.2. The number of hydrogen-bond donors (Lipinski definition) is 0. The summed E-state index contributed by atoms with van der Waals surface area (Å²) in [6.45, 7) is 0.494. The van der Waals surface area contributed by atoms with Gasteiger partial charge in [-0.3, -0.25) is 0 Å². The molecule has 1 unspecified atom stereocenters. The van der Waals surface area contributed by atoms with Crippen LogP contribution >= 0.6 is 0 Å². The van der Waals surface area contributed by atoms with Crippen molar-refractivity contribution in [3.63, 3.8) is 0 Å². The molecule has 13 heteroatoms. The van der Waals surface area contributed by atoms with Gasteiger partial charge in [0.25, 0.3) is 0 Å². The zero-order chi connectivity index (χ0) is 22.7. The Morgan fingerprint density at radius 3 is 2.66 bits per heavy atom. The molecule has 9 nitrogen and oxygen atoms in total. The van der Waals surface area contributed by atoms with Crippen molar-refractivity contribution in [3.8, 4) is 11.4 Å². The Balaban J connectivity index is 1.86. The molecule has 4 aromatic rings. The van der Waals surface area contributed by atoms with Gasteiger partial charge in [-0.05, 0) is 31.4 Å². The molecule has 0 N–H and O–H groups in total. The van der Waals surface area contributed by atoms with E-state index in [2.05, 4.69) is 20.2 Å². The Bertz CT molecular complexity index is 1440. The van der Waals surface area contributed by atoms with Crippen LogP contribution in [0.3, 0.4) is 0 Å². The fraction of sp³-hybridized carbons (Fsp3) is 0.368. The summed E-state index contributed by atoms with van der Waals surface area (Å²) in [4.78, 5) is 7.23. The highest BCUT2D eigenvalue weighted by molar-refractivity contribution is 7.90. The summed E-state index contributed by atoms with van der Waals surface area (Å²) in [6.07, 6.45) is 0.00800. The van der Waals surface area contributed by atoms with Crippen molar-refractivity contribution in [2.45, 2.75) is 36.8 Å². The monoisotopic (exact) mass is 466 g/mol. The van der Waals surface area contributed by atoms with Crippen molar-refractivity contribution >= 4 is 26.4 Å². The third kappa shape index (κ3) is 3.41. The lowest BCUT2D eigenvalue weighted by molar-refractivity contribution is -0.137. The molecule has 1 fully saturated rings. The summed E-state index contributed by atoms with van der Waals surface area (Å²) in [5.41, 5.74) is -1.10. The molecule has 0 saturated carbocycles. The number of alkyl halides is 3. The van der Waals surface area contributed by atoms with Crippen LogP contribution in [0.5, 0.6) is 0 Å². The van der Waals surface area contributed by atoms with Crippen molar-refractivity contribution in [2.24, 2.45) is 0 Å². The molecular formula is C19H17F3N6O3S. The normalized spacial score (nSPS) is 17.9. The average Bonchev–Trinajstić information content (AvgIpc) is 3.30. The van der Waals surface area contributed by atoms with Crippen LogP contribution in [-0.2, 0) is 20.8 Å². The number of ether oxygens (including phenoxy) is 1. The molecule has 0 amide bonds. The lowest BCUT2D eigenvalue weighted by Crippen LogP contribution is -2.19. The van der Waals surface area contributed by atoms with Crippen LogP contribution in [0.1, 0.15) is 31.1 Å². The zero-order valence-electron chi connectivity index (χ0n) is 16.7. The van der Waals surface area contributed by atoms with E-state index in [1.54, 1.807) is 24.4 Å².